The van der Waals surface area contributed by atoms with Crippen LogP contribution >= 0.6 is 0 Å². The molecule has 0 bridgehead atoms. The molecule has 0 aromatic rings. The monoisotopic (exact) mass is 354 g/mol. The molecule has 1 heterocycles. The zero-order valence-electron chi connectivity index (χ0n) is 16.5. The number of likely N-dealkylation sites (tertiary alicyclic amines) is 1. The van der Waals surface area contributed by atoms with Crippen LogP contribution in [0.25, 0.3) is 0 Å². The third-order valence-corrected chi connectivity index (χ3v) is 4.87. The number of nitrogens with one attached hydrogen (secondary N) is 2. The Morgan fingerprint density at radius 2 is 1.72 bits per heavy atom. The molecule has 0 saturated carbocycles. The predicted octanol–water partition coefficient (Wildman–Crippen LogP) is 2.40. The summed E-state index contributed by atoms with van der Waals surface area (Å²) in [6.45, 7) is 7.92. The molecule has 6 nitrogen and oxygen atoms in total. The summed E-state index contributed by atoms with van der Waals surface area (Å²) in [4.78, 5) is 17.9. The Morgan fingerprint density at radius 3 is 2.36 bits per heavy atom. The van der Waals surface area contributed by atoms with Gasteiger partial charge in [-0.2, -0.15) is 0 Å². The van der Waals surface area contributed by atoms with Crippen LogP contribution in [-0.2, 0) is 9.53 Å². The fraction of sp³-hybridized carbons (Fsp3) is 0.895. The Balaban J connectivity index is 1.95. The van der Waals surface area contributed by atoms with Crippen LogP contribution in [-0.4, -0.2) is 63.7 Å². The van der Waals surface area contributed by atoms with E-state index in [-0.39, 0.29) is 5.97 Å². The van der Waals surface area contributed by atoms with E-state index in [0.29, 0.717) is 6.42 Å². The lowest BCUT2D eigenvalue weighted by Crippen LogP contribution is -2.40. The van der Waals surface area contributed by atoms with Crippen LogP contribution in [0.3, 0.4) is 0 Å². The maximum absolute atomic E-state index is 11.0. The third kappa shape index (κ3) is 11.0. The molecule has 146 valence electrons. The maximum atomic E-state index is 11.0. The number of carbonyl (C=O) groups is 1. The average molecular weight is 355 g/mol. The molecule has 0 spiro atoms. The molecule has 1 fully saturated rings. The summed E-state index contributed by atoms with van der Waals surface area (Å²) in [7, 11) is 3.26. The van der Waals surface area contributed by atoms with Gasteiger partial charge >= 0.3 is 5.97 Å². The highest BCUT2D eigenvalue weighted by Gasteiger charge is 2.14. The van der Waals surface area contributed by atoms with Gasteiger partial charge in [0.25, 0.3) is 0 Å². The molecule has 0 unspecified atom stereocenters. The molecular formula is C19H38N4O2. The lowest BCUT2D eigenvalue weighted by Gasteiger charge is -2.30. The van der Waals surface area contributed by atoms with Crippen molar-refractivity contribution >= 4 is 11.9 Å². The molecule has 0 aromatic heterocycles. The second-order valence-electron chi connectivity index (χ2n) is 7.04. The van der Waals surface area contributed by atoms with Crippen molar-refractivity contribution in [1.82, 2.24) is 15.5 Å². The van der Waals surface area contributed by atoms with Crippen LogP contribution in [0.4, 0.5) is 0 Å². The summed E-state index contributed by atoms with van der Waals surface area (Å²) in [5.41, 5.74) is 0. The van der Waals surface area contributed by atoms with Crippen molar-refractivity contribution < 1.29 is 9.53 Å². The summed E-state index contributed by atoms with van der Waals surface area (Å²) in [5, 5.41) is 6.75. The molecule has 0 aromatic carbocycles. The number of rotatable bonds is 11. The van der Waals surface area contributed by atoms with E-state index in [1.54, 1.807) is 0 Å². The Kier molecular flexibility index (Phi) is 12.1. The van der Waals surface area contributed by atoms with Crippen molar-refractivity contribution in [3.05, 3.63) is 0 Å². The van der Waals surface area contributed by atoms with E-state index in [4.69, 9.17) is 0 Å². The highest BCUT2D eigenvalue weighted by molar-refractivity contribution is 5.79. The van der Waals surface area contributed by atoms with Gasteiger partial charge in [-0.25, -0.2) is 0 Å². The molecule has 1 aliphatic heterocycles. The van der Waals surface area contributed by atoms with Crippen LogP contribution < -0.4 is 10.6 Å². The van der Waals surface area contributed by atoms with E-state index in [2.05, 4.69) is 32.2 Å². The maximum Gasteiger partial charge on any atom is 0.305 e. The number of hydrogen-bond donors (Lipinski definition) is 2. The number of nitrogens with zero attached hydrogens (tertiary/aromatic N) is 2. The van der Waals surface area contributed by atoms with Gasteiger partial charge < -0.3 is 20.3 Å². The number of hydrogen-bond acceptors (Lipinski definition) is 4. The molecule has 0 atom stereocenters. The van der Waals surface area contributed by atoms with E-state index < -0.39 is 0 Å². The minimum atomic E-state index is -0.109. The second-order valence-corrected chi connectivity index (χ2v) is 7.04. The first kappa shape index (κ1) is 21.7. The van der Waals surface area contributed by atoms with Crippen molar-refractivity contribution in [1.29, 1.82) is 0 Å². The Morgan fingerprint density at radius 1 is 1.08 bits per heavy atom. The molecule has 2 N–H and O–H groups in total. The van der Waals surface area contributed by atoms with Crippen molar-refractivity contribution in [2.45, 2.75) is 58.3 Å². The van der Waals surface area contributed by atoms with Crippen LogP contribution in [0.5, 0.6) is 0 Å². The first-order valence-corrected chi connectivity index (χ1v) is 9.89. The van der Waals surface area contributed by atoms with E-state index in [9.17, 15) is 4.79 Å². The summed E-state index contributed by atoms with van der Waals surface area (Å²) in [5.74, 6) is 1.68. The van der Waals surface area contributed by atoms with Gasteiger partial charge in [-0.1, -0.05) is 19.8 Å². The van der Waals surface area contributed by atoms with Crippen LogP contribution in [0.15, 0.2) is 4.99 Å². The van der Waals surface area contributed by atoms with Gasteiger partial charge in [-0.05, 0) is 57.7 Å². The van der Waals surface area contributed by atoms with Crippen LogP contribution in [0, 0.1) is 5.92 Å². The number of carbonyl (C=O) groups excluding carboxylic acids is 1. The minimum absolute atomic E-state index is 0.109. The first-order valence-electron chi connectivity index (χ1n) is 9.89. The number of methoxy groups -OCH3 is 1. The lowest BCUT2D eigenvalue weighted by molar-refractivity contribution is -0.140. The number of unbranched alkanes of at least 4 members (excludes halogenated alkanes) is 3. The van der Waals surface area contributed by atoms with Crippen molar-refractivity contribution in [3.8, 4) is 0 Å². The van der Waals surface area contributed by atoms with E-state index in [1.165, 1.54) is 39.6 Å². The molecule has 0 aliphatic carbocycles. The standard InChI is InChI=1S/C19H38N4O2/c1-17-10-15-23(16-11-17)14-8-13-22-19(20-2)21-12-7-5-4-6-9-18(24)25-3/h17H,4-16H2,1-3H3,(H2,20,21,22). The van der Waals surface area contributed by atoms with Crippen molar-refractivity contribution in [2.75, 3.05) is 46.9 Å². The third-order valence-electron chi connectivity index (χ3n) is 4.87. The zero-order chi connectivity index (χ0) is 18.3. The van der Waals surface area contributed by atoms with Crippen LogP contribution in [0.1, 0.15) is 58.3 Å². The summed E-state index contributed by atoms with van der Waals surface area (Å²) in [6.07, 6.45) is 8.56. The van der Waals surface area contributed by atoms with Gasteiger partial charge in [0.05, 0.1) is 7.11 Å². The smallest absolute Gasteiger partial charge is 0.305 e. The van der Waals surface area contributed by atoms with Crippen LogP contribution in [0.2, 0.25) is 0 Å². The first-order chi connectivity index (χ1) is 12.2. The predicted molar refractivity (Wildman–Crippen MR) is 104 cm³/mol. The molecule has 6 heteroatoms. The molecule has 1 saturated heterocycles. The van der Waals surface area contributed by atoms with Gasteiger partial charge in [-0.15, -0.1) is 0 Å². The van der Waals surface area contributed by atoms with E-state index in [0.717, 1.165) is 57.1 Å². The fourth-order valence-corrected chi connectivity index (χ4v) is 3.07. The summed E-state index contributed by atoms with van der Waals surface area (Å²) >= 11 is 0. The molecular weight excluding hydrogens is 316 g/mol. The van der Waals surface area contributed by atoms with Gasteiger partial charge in [0.15, 0.2) is 5.96 Å². The Labute approximate surface area is 153 Å². The highest BCUT2D eigenvalue weighted by atomic mass is 16.5. The Hall–Kier alpha value is -1.30. The topological polar surface area (TPSA) is 66.0 Å². The quantitative estimate of drug-likeness (QED) is 0.258. The fourth-order valence-electron chi connectivity index (χ4n) is 3.07. The largest absolute Gasteiger partial charge is 0.469 e. The molecule has 0 amide bonds. The molecule has 1 rings (SSSR count). The average Bonchev–Trinajstić information content (AvgIpc) is 2.63. The number of ether oxygens (including phenoxy) is 1. The zero-order valence-corrected chi connectivity index (χ0v) is 16.5. The summed E-state index contributed by atoms with van der Waals surface area (Å²) < 4.78 is 4.64. The number of esters is 1. The van der Waals surface area contributed by atoms with Crippen molar-refractivity contribution in [3.63, 3.8) is 0 Å². The van der Waals surface area contributed by atoms with E-state index in [1.807, 2.05) is 7.05 Å². The second kappa shape index (κ2) is 13.9. The Bertz CT molecular complexity index is 380. The molecule has 1 aliphatic rings. The van der Waals surface area contributed by atoms with Gasteiger partial charge in [-0.3, -0.25) is 9.79 Å². The van der Waals surface area contributed by atoms with Crippen molar-refractivity contribution in [2.24, 2.45) is 10.9 Å². The highest BCUT2D eigenvalue weighted by Crippen LogP contribution is 2.15. The van der Waals surface area contributed by atoms with Gasteiger partial charge in [0.1, 0.15) is 0 Å². The normalized spacial score (nSPS) is 16.7. The van der Waals surface area contributed by atoms with Gasteiger partial charge in [0, 0.05) is 26.6 Å². The lowest BCUT2D eigenvalue weighted by atomic mass is 9.99. The van der Waals surface area contributed by atoms with E-state index >= 15 is 0 Å². The molecule has 0 radical (unpaired) electrons. The number of piperidine rings is 1. The molecule has 25 heavy (non-hydrogen) atoms. The number of guanidine groups is 1. The summed E-state index contributed by atoms with van der Waals surface area (Å²) in [6, 6.07) is 0. The minimum Gasteiger partial charge on any atom is -0.469 e. The SMILES string of the molecule is CN=C(NCCCCCCC(=O)OC)NCCCN1CCC(C)CC1. The van der Waals surface area contributed by atoms with Gasteiger partial charge in [0.2, 0.25) is 0 Å². The number of aliphatic imine (C=N–C) groups is 1.